The molecule has 0 saturated carbocycles. The summed E-state index contributed by atoms with van der Waals surface area (Å²) in [6.45, 7) is 3.42. The van der Waals surface area contributed by atoms with E-state index >= 15 is 0 Å². The zero-order chi connectivity index (χ0) is 14.7. The molecule has 21 heavy (non-hydrogen) atoms. The molecule has 3 rings (SSSR count). The highest BCUT2D eigenvalue weighted by molar-refractivity contribution is 7.22. The fourth-order valence-corrected chi connectivity index (χ4v) is 2.94. The molecule has 0 fully saturated rings. The van der Waals surface area contributed by atoms with E-state index in [1.807, 2.05) is 32.2 Å². The van der Waals surface area contributed by atoms with Crippen molar-refractivity contribution in [2.45, 2.75) is 13.3 Å². The van der Waals surface area contributed by atoms with Gasteiger partial charge in [-0.2, -0.15) is 5.10 Å². The Morgan fingerprint density at radius 2 is 2.29 bits per heavy atom. The van der Waals surface area contributed by atoms with Crippen LogP contribution in [-0.4, -0.2) is 32.9 Å². The Morgan fingerprint density at radius 1 is 1.38 bits per heavy atom. The van der Waals surface area contributed by atoms with E-state index in [0.29, 0.717) is 6.61 Å². The molecule has 6 nitrogen and oxygen atoms in total. The van der Waals surface area contributed by atoms with Crippen molar-refractivity contribution in [1.29, 1.82) is 0 Å². The number of nitrogens with one attached hydrogen (secondary N) is 1. The lowest BCUT2D eigenvalue weighted by atomic mass is 10.3. The topological polar surface area (TPSA) is 64.9 Å². The van der Waals surface area contributed by atoms with E-state index in [-0.39, 0.29) is 0 Å². The number of fused-ring (bicyclic) bond motifs is 1. The van der Waals surface area contributed by atoms with Crippen molar-refractivity contribution in [3.63, 3.8) is 0 Å². The molecule has 0 saturated heterocycles. The summed E-state index contributed by atoms with van der Waals surface area (Å²) in [5.41, 5.74) is 0.988. The predicted octanol–water partition coefficient (Wildman–Crippen LogP) is 2.48. The second-order valence-corrected chi connectivity index (χ2v) is 5.62. The lowest BCUT2D eigenvalue weighted by Crippen LogP contribution is -2.06. The number of anilines is 1. The largest absolute Gasteiger partial charge is 0.494 e. The fourth-order valence-electron chi connectivity index (χ4n) is 2.02. The summed E-state index contributed by atoms with van der Waals surface area (Å²) in [6.07, 6.45) is 2.49. The summed E-state index contributed by atoms with van der Waals surface area (Å²) >= 11 is 1.63. The van der Waals surface area contributed by atoms with E-state index < -0.39 is 0 Å². The van der Waals surface area contributed by atoms with Gasteiger partial charge in [0.25, 0.3) is 0 Å². The number of rotatable bonds is 6. The van der Waals surface area contributed by atoms with Crippen LogP contribution in [-0.2, 0) is 13.5 Å². The van der Waals surface area contributed by atoms with Gasteiger partial charge in [0.05, 0.1) is 16.8 Å². The Morgan fingerprint density at radius 3 is 3.05 bits per heavy atom. The smallest absolute Gasteiger partial charge is 0.183 e. The second-order valence-electron chi connectivity index (χ2n) is 4.59. The maximum Gasteiger partial charge on any atom is 0.183 e. The van der Waals surface area contributed by atoms with Crippen molar-refractivity contribution in [2.75, 3.05) is 18.5 Å². The van der Waals surface area contributed by atoms with Crippen LogP contribution < -0.4 is 10.1 Å². The number of thiazole rings is 1. The van der Waals surface area contributed by atoms with Gasteiger partial charge in [-0.25, -0.2) is 9.97 Å². The fraction of sp³-hybridized carbons (Fsp3) is 0.357. The summed E-state index contributed by atoms with van der Waals surface area (Å²) in [4.78, 5) is 8.76. The third-order valence-corrected chi connectivity index (χ3v) is 3.92. The summed E-state index contributed by atoms with van der Waals surface area (Å²) in [7, 11) is 1.87. The van der Waals surface area contributed by atoms with Crippen LogP contribution >= 0.6 is 11.3 Å². The van der Waals surface area contributed by atoms with Crippen LogP contribution in [0.2, 0.25) is 0 Å². The number of aryl methyl sites for hydroxylation is 1. The van der Waals surface area contributed by atoms with Gasteiger partial charge < -0.3 is 10.1 Å². The van der Waals surface area contributed by atoms with Crippen LogP contribution in [0.3, 0.4) is 0 Å². The minimum Gasteiger partial charge on any atom is -0.494 e. The molecule has 0 aliphatic rings. The molecule has 0 amide bonds. The quantitative estimate of drug-likeness (QED) is 0.758. The van der Waals surface area contributed by atoms with Crippen molar-refractivity contribution in [1.82, 2.24) is 19.7 Å². The summed E-state index contributed by atoms with van der Waals surface area (Å²) in [5.74, 6) is 1.72. The van der Waals surface area contributed by atoms with Crippen molar-refractivity contribution < 1.29 is 4.74 Å². The molecule has 1 N–H and O–H groups in total. The van der Waals surface area contributed by atoms with Gasteiger partial charge in [0.15, 0.2) is 11.0 Å². The van der Waals surface area contributed by atoms with E-state index in [1.54, 1.807) is 22.3 Å². The highest BCUT2D eigenvalue weighted by atomic mass is 32.1. The van der Waals surface area contributed by atoms with Crippen molar-refractivity contribution in [3.05, 3.63) is 30.4 Å². The Balaban J connectivity index is 1.64. The molecule has 0 aliphatic carbocycles. The maximum absolute atomic E-state index is 5.50. The molecular weight excluding hydrogens is 286 g/mol. The maximum atomic E-state index is 5.50. The van der Waals surface area contributed by atoms with Crippen molar-refractivity contribution in [3.8, 4) is 5.75 Å². The molecule has 7 heteroatoms. The standard InChI is InChI=1S/C14H17N5OS/c1-3-20-10-4-5-11-12(8-10)21-14(17-11)15-7-6-13-16-9-19(2)18-13/h4-5,8-9H,3,6-7H2,1-2H3,(H,15,17). The van der Waals surface area contributed by atoms with Gasteiger partial charge in [-0.1, -0.05) is 11.3 Å². The van der Waals surface area contributed by atoms with Crippen molar-refractivity contribution in [2.24, 2.45) is 7.05 Å². The minimum absolute atomic E-state index is 0.673. The number of nitrogens with zero attached hydrogens (tertiary/aromatic N) is 4. The predicted molar refractivity (Wildman–Crippen MR) is 84.0 cm³/mol. The van der Waals surface area contributed by atoms with Gasteiger partial charge in [0, 0.05) is 20.0 Å². The molecule has 0 radical (unpaired) electrons. The first-order valence-corrected chi connectivity index (χ1v) is 7.68. The van der Waals surface area contributed by atoms with Crippen molar-refractivity contribution >= 4 is 26.7 Å². The molecule has 3 aromatic rings. The summed E-state index contributed by atoms with van der Waals surface area (Å²) in [6, 6.07) is 5.97. The van der Waals surface area contributed by atoms with Gasteiger partial charge in [-0.3, -0.25) is 4.68 Å². The second kappa shape index (κ2) is 6.09. The molecule has 2 aromatic heterocycles. The zero-order valence-corrected chi connectivity index (χ0v) is 12.9. The lowest BCUT2D eigenvalue weighted by molar-refractivity contribution is 0.341. The number of benzene rings is 1. The molecule has 0 aliphatic heterocycles. The Kier molecular flexibility index (Phi) is 4.01. The third kappa shape index (κ3) is 3.30. The Hall–Kier alpha value is -2.15. The van der Waals surface area contributed by atoms with Gasteiger partial charge >= 0.3 is 0 Å². The van der Waals surface area contributed by atoms with Gasteiger partial charge in [0.2, 0.25) is 0 Å². The molecule has 1 aromatic carbocycles. The monoisotopic (exact) mass is 303 g/mol. The van der Waals surface area contributed by atoms with Crippen LogP contribution in [0.4, 0.5) is 5.13 Å². The highest BCUT2D eigenvalue weighted by Gasteiger charge is 2.05. The third-order valence-electron chi connectivity index (χ3n) is 2.94. The molecule has 0 spiro atoms. The van der Waals surface area contributed by atoms with Crippen LogP contribution in [0, 0.1) is 0 Å². The minimum atomic E-state index is 0.673. The van der Waals surface area contributed by atoms with Crippen LogP contribution in [0.5, 0.6) is 5.75 Å². The number of aromatic nitrogens is 4. The average molecular weight is 303 g/mol. The molecule has 0 bridgehead atoms. The van der Waals surface area contributed by atoms with E-state index in [4.69, 9.17) is 4.74 Å². The average Bonchev–Trinajstić information content (AvgIpc) is 3.05. The van der Waals surface area contributed by atoms with E-state index in [9.17, 15) is 0 Å². The summed E-state index contributed by atoms with van der Waals surface area (Å²) in [5, 5.41) is 8.48. The highest BCUT2D eigenvalue weighted by Crippen LogP contribution is 2.29. The Labute approximate surface area is 126 Å². The van der Waals surface area contributed by atoms with Gasteiger partial charge in [0.1, 0.15) is 12.1 Å². The van der Waals surface area contributed by atoms with E-state index in [1.165, 1.54) is 0 Å². The van der Waals surface area contributed by atoms with Gasteiger partial charge in [-0.15, -0.1) is 0 Å². The molecule has 0 unspecified atom stereocenters. The van der Waals surface area contributed by atoms with Crippen LogP contribution in [0.1, 0.15) is 12.7 Å². The SMILES string of the molecule is CCOc1ccc2nc(NCCc3ncn(C)n3)sc2c1. The molecule has 2 heterocycles. The first kappa shape index (κ1) is 13.8. The van der Waals surface area contributed by atoms with E-state index in [2.05, 4.69) is 20.4 Å². The number of ether oxygens (including phenoxy) is 1. The number of hydrogen-bond donors (Lipinski definition) is 1. The molecular formula is C14H17N5OS. The van der Waals surface area contributed by atoms with Crippen LogP contribution in [0.25, 0.3) is 10.2 Å². The zero-order valence-electron chi connectivity index (χ0n) is 12.0. The summed E-state index contributed by atoms with van der Waals surface area (Å²) < 4.78 is 8.34. The normalized spacial score (nSPS) is 11.0. The molecule has 0 atom stereocenters. The van der Waals surface area contributed by atoms with Gasteiger partial charge in [-0.05, 0) is 25.1 Å². The lowest BCUT2D eigenvalue weighted by Gasteiger charge is -2.00. The van der Waals surface area contributed by atoms with E-state index in [0.717, 1.165) is 39.9 Å². The van der Waals surface area contributed by atoms with Crippen LogP contribution in [0.15, 0.2) is 24.5 Å². The Bertz CT molecular complexity index is 736. The first-order chi connectivity index (χ1) is 10.2. The first-order valence-electron chi connectivity index (χ1n) is 6.86. The number of hydrogen-bond acceptors (Lipinski definition) is 6. The molecule has 110 valence electrons.